The number of anilines is 1. The molecule has 5 N–H and O–H groups in total. The van der Waals surface area contributed by atoms with Gasteiger partial charge in [0, 0.05) is 5.69 Å². The number of hydrogen-bond donors (Lipinski definition) is 3. The number of nitrogens with one attached hydrogen (secondary N) is 1. The van der Waals surface area contributed by atoms with Crippen molar-refractivity contribution in [1.29, 1.82) is 0 Å². The Hall–Kier alpha value is -2.69. The Morgan fingerprint density at radius 1 is 1.23 bits per heavy atom. The van der Waals surface area contributed by atoms with Crippen LogP contribution in [0.3, 0.4) is 0 Å². The second kappa shape index (κ2) is 9.13. The van der Waals surface area contributed by atoms with Crippen LogP contribution >= 0.6 is 0 Å². The van der Waals surface area contributed by atoms with Gasteiger partial charge in [-0.15, -0.1) is 0 Å². The highest BCUT2D eigenvalue weighted by Gasteiger charge is 2.20. The predicted molar refractivity (Wildman–Crippen MR) is 109 cm³/mol. The molecule has 0 bridgehead atoms. The Morgan fingerprint density at radius 2 is 1.92 bits per heavy atom. The highest BCUT2D eigenvalue weighted by atomic mass is 16.1. The lowest BCUT2D eigenvalue weighted by Crippen LogP contribution is -2.24. The summed E-state index contributed by atoms with van der Waals surface area (Å²) in [5.41, 5.74) is 16.3. The molecule has 0 spiro atoms. The van der Waals surface area contributed by atoms with E-state index >= 15 is 0 Å². The molecule has 1 amide bonds. The first-order valence-corrected chi connectivity index (χ1v) is 8.71. The molecular weight excluding hydrogens is 322 g/mol. The van der Waals surface area contributed by atoms with Gasteiger partial charge in [0.05, 0.1) is 12.0 Å². The molecule has 0 aromatic heterocycles. The fraction of sp³-hybridized carbons (Fsp3) is 0.227. The van der Waals surface area contributed by atoms with E-state index < -0.39 is 0 Å². The van der Waals surface area contributed by atoms with Gasteiger partial charge in [0.25, 0.3) is 0 Å². The summed E-state index contributed by atoms with van der Waals surface area (Å²) in [5, 5.41) is 3.00. The summed E-state index contributed by atoms with van der Waals surface area (Å²) in [6.07, 6.45) is 2.24. The lowest BCUT2D eigenvalue weighted by Gasteiger charge is -2.19. The van der Waals surface area contributed by atoms with Crippen molar-refractivity contribution in [2.24, 2.45) is 11.5 Å². The second-order valence-electron chi connectivity index (χ2n) is 6.36. The van der Waals surface area contributed by atoms with Gasteiger partial charge < -0.3 is 16.8 Å². The smallest absolute Gasteiger partial charge is 0.231 e. The Morgan fingerprint density at radius 3 is 2.54 bits per heavy atom. The van der Waals surface area contributed by atoms with Gasteiger partial charge in [0.1, 0.15) is 0 Å². The maximum atomic E-state index is 12.8. The fourth-order valence-electron chi connectivity index (χ4n) is 2.91. The van der Waals surface area contributed by atoms with Crippen LogP contribution in [0.4, 0.5) is 5.69 Å². The summed E-state index contributed by atoms with van der Waals surface area (Å²) < 4.78 is 0. The predicted octanol–water partition coefficient (Wildman–Crippen LogP) is 3.81. The van der Waals surface area contributed by atoms with Gasteiger partial charge in [0.15, 0.2) is 0 Å². The minimum Gasteiger partial charge on any atom is -0.330 e. The van der Waals surface area contributed by atoms with Crippen LogP contribution in [0.5, 0.6) is 0 Å². The summed E-state index contributed by atoms with van der Waals surface area (Å²) in [6.45, 7) is 10.1. The average molecular weight is 349 g/mol. The van der Waals surface area contributed by atoms with Crippen LogP contribution in [0, 0.1) is 6.92 Å². The Kier molecular flexibility index (Phi) is 6.89. The van der Waals surface area contributed by atoms with Crippen molar-refractivity contribution in [3.8, 4) is 0 Å². The molecule has 26 heavy (non-hydrogen) atoms. The van der Waals surface area contributed by atoms with Crippen molar-refractivity contribution in [2.45, 2.75) is 25.3 Å². The molecule has 2 aromatic rings. The third-order valence-electron chi connectivity index (χ3n) is 4.52. The molecular formula is C22H27N3O. The lowest BCUT2D eigenvalue weighted by molar-refractivity contribution is -0.117. The van der Waals surface area contributed by atoms with Crippen LogP contribution in [0.1, 0.15) is 35.1 Å². The summed E-state index contributed by atoms with van der Waals surface area (Å²) in [6, 6.07) is 15.1. The van der Waals surface area contributed by atoms with E-state index in [1.54, 1.807) is 6.08 Å². The van der Waals surface area contributed by atoms with Crippen molar-refractivity contribution in [3.05, 3.63) is 90.0 Å². The van der Waals surface area contributed by atoms with Gasteiger partial charge in [-0.3, -0.25) is 4.79 Å². The molecule has 2 aromatic carbocycles. The van der Waals surface area contributed by atoms with Gasteiger partial charge in [-0.1, -0.05) is 55.6 Å². The van der Waals surface area contributed by atoms with Crippen molar-refractivity contribution in [3.63, 3.8) is 0 Å². The minimum atomic E-state index is -0.349. The number of benzene rings is 2. The maximum Gasteiger partial charge on any atom is 0.231 e. The number of nitrogens with two attached hydrogens (primary N) is 2. The first-order valence-electron chi connectivity index (χ1n) is 8.71. The number of carbonyl (C=O) groups is 1. The summed E-state index contributed by atoms with van der Waals surface area (Å²) in [4.78, 5) is 12.8. The summed E-state index contributed by atoms with van der Waals surface area (Å²) in [5.74, 6) is -0.365. The van der Waals surface area contributed by atoms with Gasteiger partial charge in [-0.2, -0.15) is 0 Å². The van der Waals surface area contributed by atoms with E-state index in [9.17, 15) is 4.79 Å². The second-order valence-corrected chi connectivity index (χ2v) is 6.36. The molecule has 0 fully saturated rings. The molecule has 2 unspecified atom stereocenters. The van der Waals surface area contributed by atoms with E-state index in [1.165, 1.54) is 0 Å². The normalized spacial score (nSPS) is 12.9. The van der Waals surface area contributed by atoms with Crippen molar-refractivity contribution < 1.29 is 4.79 Å². The van der Waals surface area contributed by atoms with Gasteiger partial charge >= 0.3 is 0 Å². The van der Waals surface area contributed by atoms with Gasteiger partial charge in [-0.25, -0.2) is 0 Å². The molecule has 4 nitrogen and oxygen atoms in total. The number of aryl methyl sites for hydroxylation is 1. The number of carbonyl (C=O) groups excluding carboxylic acids is 1. The summed E-state index contributed by atoms with van der Waals surface area (Å²) >= 11 is 0. The number of rotatable bonds is 8. The highest BCUT2D eigenvalue weighted by molar-refractivity contribution is 5.96. The van der Waals surface area contributed by atoms with Crippen molar-refractivity contribution >= 4 is 11.6 Å². The molecule has 136 valence electrons. The maximum absolute atomic E-state index is 12.8. The van der Waals surface area contributed by atoms with Crippen LogP contribution in [-0.2, 0) is 4.79 Å². The van der Waals surface area contributed by atoms with E-state index in [0.717, 1.165) is 22.3 Å². The standard InChI is InChI=1S/C22H27N3O/c1-4-15(2)21(24)20-14-18(11-10-16(20)3)25-22(26)19(12-13-23)17-8-6-5-7-9-17/h4-11,14,19,21H,1-2,12-13,23-24H2,3H3,(H,25,26). The topological polar surface area (TPSA) is 81.1 Å². The zero-order valence-corrected chi connectivity index (χ0v) is 15.2. The zero-order chi connectivity index (χ0) is 19.1. The lowest BCUT2D eigenvalue weighted by atomic mass is 9.94. The SMILES string of the molecule is C=CC(=C)C(N)c1cc(NC(=O)C(CCN)c2ccccc2)ccc1C. The van der Waals surface area contributed by atoms with Crippen molar-refractivity contribution in [2.75, 3.05) is 11.9 Å². The first kappa shape index (κ1) is 19.6. The van der Waals surface area contributed by atoms with E-state index in [-0.39, 0.29) is 17.9 Å². The minimum absolute atomic E-state index is 0.0763. The van der Waals surface area contributed by atoms with Crippen LogP contribution < -0.4 is 16.8 Å². The number of amides is 1. The molecule has 0 heterocycles. The van der Waals surface area contributed by atoms with Crippen LogP contribution in [0.2, 0.25) is 0 Å². The summed E-state index contributed by atoms with van der Waals surface area (Å²) in [7, 11) is 0. The third-order valence-corrected chi connectivity index (χ3v) is 4.52. The Labute approximate surface area is 155 Å². The van der Waals surface area contributed by atoms with Crippen molar-refractivity contribution in [1.82, 2.24) is 0 Å². The van der Waals surface area contributed by atoms with E-state index in [0.29, 0.717) is 18.7 Å². The first-order chi connectivity index (χ1) is 12.5. The van der Waals surface area contributed by atoms with E-state index in [2.05, 4.69) is 18.5 Å². The molecule has 0 aliphatic rings. The molecule has 2 rings (SSSR count). The Balaban J connectivity index is 2.25. The Bertz CT molecular complexity index is 783. The van der Waals surface area contributed by atoms with Crippen LogP contribution in [0.25, 0.3) is 0 Å². The quantitative estimate of drug-likeness (QED) is 0.634. The third kappa shape index (κ3) is 4.69. The van der Waals surface area contributed by atoms with Crippen LogP contribution in [0.15, 0.2) is 73.3 Å². The van der Waals surface area contributed by atoms with Gasteiger partial charge in [0.2, 0.25) is 5.91 Å². The monoisotopic (exact) mass is 349 g/mol. The fourth-order valence-corrected chi connectivity index (χ4v) is 2.91. The average Bonchev–Trinajstić information content (AvgIpc) is 2.66. The molecule has 2 atom stereocenters. The van der Waals surface area contributed by atoms with E-state index in [4.69, 9.17) is 11.5 Å². The molecule has 4 heteroatoms. The van der Waals surface area contributed by atoms with Crippen LogP contribution in [-0.4, -0.2) is 12.5 Å². The largest absolute Gasteiger partial charge is 0.330 e. The van der Waals surface area contributed by atoms with E-state index in [1.807, 2.05) is 55.5 Å². The van der Waals surface area contributed by atoms with Gasteiger partial charge in [-0.05, 0) is 54.3 Å². The molecule has 0 saturated carbocycles. The molecule has 0 aliphatic heterocycles. The molecule has 0 radical (unpaired) electrons. The highest BCUT2D eigenvalue weighted by Crippen LogP contribution is 2.27. The number of hydrogen-bond acceptors (Lipinski definition) is 3. The molecule has 0 aliphatic carbocycles. The zero-order valence-electron chi connectivity index (χ0n) is 15.2. The molecule has 0 saturated heterocycles.